The molecule has 2 aliphatic carbocycles. The first-order chi connectivity index (χ1) is 7.96. The van der Waals surface area contributed by atoms with Crippen LogP contribution in [0.25, 0.3) is 0 Å². The lowest BCUT2D eigenvalue weighted by Crippen LogP contribution is -2.42. The van der Waals surface area contributed by atoms with Crippen molar-refractivity contribution < 1.29 is 9.84 Å². The molecule has 2 saturated carbocycles. The number of likely N-dealkylation sites (tertiary alicyclic amines) is 1. The highest BCUT2D eigenvalue weighted by atomic mass is 16.5. The molecule has 1 saturated heterocycles. The van der Waals surface area contributed by atoms with Crippen LogP contribution in [0.1, 0.15) is 33.6 Å². The topological polar surface area (TPSA) is 32.7 Å². The summed E-state index contributed by atoms with van der Waals surface area (Å²) in [5.41, 5.74) is -0.0461. The monoisotopic (exact) mass is 239 g/mol. The number of hydrogen-bond acceptors (Lipinski definition) is 3. The second kappa shape index (κ2) is 3.94. The molecular weight excluding hydrogens is 214 g/mol. The Morgan fingerprint density at radius 3 is 2.65 bits per heavy atom. The van der Waals surface area contributed by atoms with E-state index in [1.165, 1.54) is 19.4 Å². The van der Waals surface area contributed by atoms with Gasteiger partial charge in [-0.25, -0.2) is 0 Å². The van der Waals surface area contributed by atoms with Gasteiger partial charge in [-0.3, -0.25) is 4.90 Å². The van der Waals surface area contributed by atoms with Crippen LogP contribution < -0.4 is 0 Å². The fraction of sp³-hybridized carbons (Fsp3) is 1.00. The molecule has 3 fully saturated rings. The normalized spacial score (nSPS) is 44.8. The number of ether oxygens (including phenoxy) is 1. The molecule has 0 amide bonds. The second-order valence-corrected chi connectivity index (χ2v) is 7.09. The lowest BCUT2D eigenvalue weighted by atomic mass is 9.88. The molecule has 0 spiro atoms. The predicted molar refractivity (Wildman–Crippen MR) is 66.8 cm³/mol. The molecule has 3 heteroatoms. The predicted octanol–water partition coefficient (Wildman–Crippen LogP) is 1.50. The van der Waals surface area contributed by atoms with E-state index < -0.39 is 0 Å². The summed E-state index contributed by atoms with van der Waals surface area (Å²) >= 11 is 0. The summed E-state index contributed by atoms with van der Waals surface area (Å²) in [6.45, 7) is 9.26. The minimum atomic E-state index is -0.0617. The molecule has 0 radical (unpaired) electrons. The number of fused-ring (bicyclic) bond motifs is 1. The van der Waals surface area contributed by atoms with Crippen molar-refractivity contribution >= 4 is 0 Å². The second-order valence-electron chi connectivity index (χ2n) is 7.09. The molecule has 1 N–H and O–H groups in total. The van der Waals surface area contributed by atoms with Crippen molar-refractivity contribution in [2.75, 3.05) is 19.7 Å². The molecule has 1 aliphatic heterocycles. The molecule has 1 heterocycles. The van der Waals surface area contributed by atoms with Gasteiger partial charge in [0.1, 0.15) is 0 Å². The maximum absolute atomic E-state index is 10.3. The third-order valence-corrected chi connectivity index (χ3v) is 4.86. The van der Waals surface area contributed by atoms with Crippen LogP contribution in [-0.4, -0.2) is 47.4 Å². The Labute approximate surface area is 104 Å². The lowest BCUT2D eigenvalue weighted by molar-refractivity contribution is -0.0226. The quantitative estimate of drug-likeness (QED) is 0.810. The number of aliphatic hydroxyl groups excluding tert-OH is 1. The lowest BCUT2D eigenvalue weighted by Gasteiger charge is -2.29. The van der Waals surface area contributed by atoms with Gasteiger partial charge in [-0.2, -0.15) is 0 Å². The maximum atomic E-state index is 10.3. The SMILES string of the molecule is CC(C)(C)OCCN1CC2CC3CC2C1C3O. The van der Waals surface area contributed by atoms with Gasteiger partial charge in [0, 0.05) is 19.1 Å². The van der Waals surface area contributed by atoms with E-state index in [4.69, 9.17) is 4.74 Å². The standard InChI is InChI=1S/C14H25NO2/c1-14(2,3)17-5-4-15-8-10-6-9-7-11(10)12(15)13(9)16/h9-13,16H,4-8H2,1-3H3. The van der Waals surface area contributed by atoms with Gasteiger partial charge in [-0.15, -0.1) is 0 Å². The van der Waals surface area contributed by atoms with E-state index in [0.29, 0.717) is 12.0 Å². The van der Waals surface area contributed by atoms with Crippen LogP contribution in [0.2, 0.25) is 0 Å². The van der Waals surface area contributed by atoms with Crippen molar-refractivity contribution in [3.8, 4) is 0 Å². The van der Waals surface area contributed by atoms with Crippen molar-refractivity contribution in [1.82, 2.24) is 4.90 Å². The van der Waals surface area contributed by atoms with E-state index in [1.54, 1.807) is 0 Å². The molecule has 3 nitrogen and oxygen atoms in total. The smallest absolute Gasteiger partial charge is 0.0726 e. The van der Waals surface area contributed by atoms with Crippen LogP contribution in [0, 0.1) is 17.8 Å². The molecule has 3 rings (SSSR count). The highest BCUT2D eigenvalue weighted by Crippen LogP contribution is 2.54. The highest BCUT2D eigenvalue weighted by Gasteiger charge is 2.58. The zero-order chi connectivity index (χ0) is 12.2. The molecule has 5 unspecified atom stereocenters. The minimum Gasteiger partial charge on any atom is -0.391 e. The Bertz CT molecular complexity index is 297. The third-order valence-electron chi connectivity index (χ3n) is 4.86. The number of aliphatic hydroxyl groups is 1. The van der Waals surface area contributed by atoms with Crippen LogP contribution in [0.3, 0.4) is 0 Å². The average Bonchev–Trinajstić information content (AvgIpc) is 2.76. The molecule has 5 atom stereocenters. The largest absolute Gasteiger partial charge is 0.391 e. The van der Waals surface area contributed by atoms with Gasteiger partial charge < -0.3 is 9.84 Å². The summed E-state index contributed by atoms with van der Waals surface area (Å²) in [6, 6.07) is 0.447. The van der Waals surface area contributed by atoms with Crippen molar-refractivity contribution in [2.45, 2.75) is 51.4 Å². The molecular formula is C14H25NO2. The first-order valence-electron chi connectivity index (χ1n) is 7.02. The highest BCUT2D eigenvalue weighted by molar-refractivity contribution is 5.10. The Balaban J connectivity index is 1.56. The van der Waals surface area contributed by atoms with Gasteiger partial charge >= 0.3 is 0 Å². The summed E-state index contributed by atoms with van der Waals surface area (Å²) in [5, 5.41) is 10.3. The van der Waals surface area contributed by atoms with Crippen molar-refractivity contribution in [1.29, 1.82) is 0 Å². The zero-order valence-electron chi connectivity index (χ0n) is 11.2. The van der Waals surface area contributed by atoms with Crippen molar-refractivity contribution in [3.63, 3.8) is 0 Å². The minimum absolute atomic E-state index is 0.0461. The summed E-state index contributed by atoms with van der Waals surface area (Å²) in [6.07, 6.45) is 2.47. The Hall–Kier alpha value is -0.120. The number of rotatable bonds is 3. The van der Waals surface area contributed by atoms with Gasteiger partial charge in [0.25, 0.3) is 0 Å². The molecule has 0 aromatic carbocycles. The van der Waals surface area contributed by atoms with Gasteiger partial charge in [0.15, 0.2) is 0 Å². The molecule has 17 heavy (non-hydrogen) atoms. The third kappa shape index (κ3) is 2.02. The Morgan fingerprint density at radius 1 is 1.24 bits per heavy atom. The van der Waals surface area contributed by atoms with Gasteiger partial charge in [0.2, 0.25) is 0 Å². The van der Waals surface area contributed by atoms with E-state index >= 15 is 0 Å². The Kier molecular flexibility index (Phi) is 2.77. The summed E-state index contributed by atoms with van der Waals surface area (Å²) in [7, 11) is 0. The maximum Gasteiger partial charge on any atom is 0.0726 e. The molecule has 98 valence electrons. The molecule has 0 aromatic rings. The van der Waals surface area contributed by atoms with Crippen LogP contribution in [0.4, 0.5) is 0 Å². The van der Waals surface area contributed by atoms with E-state index in [-0.39, 0.29) is 11.7 Å². The first-order valence-corrected chi connectivity index (χ1v) is 7.02. The van der Waals surface area contributed by atoms with E-state index in [9.17, 15) is 5.11 Å². The van der Waals surface area contributed by atoms with E-state index in [2.05, 4.69) is 25.7 Å². The van der Waals surface area contributed by atoms with Crippen molar-refractivity contribution in [3.05, 3.63) is 0 Å². The number of nitrogens with zero attached hydrogens (tertiary/aromatic N) is 1. The average molecular weight is 239 g/mol. The van der Waals surface area contributed by atoms with Crippen LogP contribution in [0.15, 0.2) is 0 Å². The molecule has 0 aromatic heterocycles. The molecule has 2 bridgehead atoms. The van der Waals surface area contributed by atoms with Gasteiger partial charge in [-0.05, 0) is 51.4 Å². The first kappa shape index (κ1) is 11.9. The van der Waals surface area contributed by atoms with Crippen LogP contribution >= 0.6 is 0 Å². The fourth-order valence-electron chi connectivity index (χ4n) is 4.26. The molecule has 3 aliphatic rings. The van der Waals surface area contributed by atoms with E-state index in [1.807, 2.05) is 0 Å². The van der Waals surface area contributed by atoms with Crippen LogP contribution in [0.5, 0.6) is 0 Å². The summed E-state index contributed by atoms with van der Waals surface area (Å²) in [5.74, 6) is 2.25. The summed E-state index contributed by atoms with van der Waals surface area (Å²) < 4.78 is 5.80. The zero-order valence-corrected chi connectivity index (χ0v) is 11.2. The fourth-order valence-corrected chi connectivity index (χ4v) is 4.26. The van der Waals surface area contributed by atoms with Crippen LogP contribution in [-0.2, 0) is 4.74 Å². The van der Waals surface area contributed by atoms with E-state index in [0.717, 1.165) is 25.0 Å². The van der Waals surface area contributed by atoms with Gasteiger partial charge in [0.05, 0.1) is 18.3 Å². The van der Waals surface area contributed by atoms with Crippen molar-refractivity contribution in [2.24, 2.45) is 17.8 Å². The summed E-state index contributed by atoms with van der Waals surface area (Å²) in [4.78, 5) is 2.48. The number of hydrogen-bond donors (Lipinski definition) is 1. The van der Waals surface area contributed by atoms with Gasteiger partial charge in [-0.1, -0.05) is 0 Å². The Morgan fingerprint density at radius 2 is 2.00 bits per heavy atom.